The van der Waals surface area contributed by atoms with Crippen molar-refractivity contribution in [1.29, 1.82) is 0 Å². The fourth-order valence-corrected chi connectivity index (χ4v) is 3.47. The molecule has 1 aliphatic heterocycles. The maximum atomic E-state index is 5.57. The predicted molar refractivity (Wildman–Crippen MR) is 96.6 cm³/mol. The van der Waals surface area contributed by atoms with Gasteiger partial charge in [0.2, 0.25) is 0 Å². The van der Waals surface area contributed by atoms with Gasteiger partial charge in [0.05, 0.1) is 25.5 Å². The topological polar surface area (TPSA) is 82.7 Å². The molecule has 0 spiro atoms. The number of nitrogens with one attached hydrogen (secondary N) is 2. The van der Waals surface area contributed by atoms with Gasteiger partial charge >= 0.3 is 0 Å². The molecule has 5 rings (SSSR count). The standard InChI is InChI=1S/C18H18N6O/c1-11-10-25-8-7-24(11)18-16-15(9-20-23-16)21-17(22-18)13-3-2-4-14-12(13)5-6-19-14/h2-6,9,11,19H,7-8,10H2,1H3,(H,20,23)/t11-/m1/s1. The van der Waals surface area contributed by atoms with Gasteiger partial charge in [-0.15, -0.1) is 0 Å². The van der Waals surface area contributed by atoms with E-state index in [1.165, 1.54) is 0 Å². The molecule has 0 unspecified atom stereocenters. The summed E-state index contributed by atoms with van der Waals surface area (Å²) in [6.45, 7) is 4.35. The van der Waals surface area contributed by atoms with Gasteiger partial charge in [-0.3, -0.25) is 5.10 Å². The molecule has 0 saturated carbocycles. The summed E-state index contributed by atoms with van der Waals surface area (Å²) in [6.07, 6.45) is 3.70. The van der Waals surface area contributed by atoms with E-state index in [1.54, 1.807) is 6.20 Å². The Morgan fingerprint density at radius 1 is 1.24 bits per heavy atom. The summed E-state index contributed by atoms with van der Waals surface area (Å²) in [5.41, 5.74) is 3.80. The number of aromatic nitrogens is 5. The zero-order chi connectivity index (χ0) is 16.8. The van der Waals surface area contributed by atoms with Crippen LogP contribution in [0.3, 0.4) is 0 Å². The fourth-order valence-electron chi connectivity index (χ4n) is 3.47. The Morgan fingerprint density at radius 2 is 2.20 bits per heavy atom. The Labute approximate surface area is 144 Å². The maximum absolute atomic E-state index is 5.57. The third kappa shape index (κ3) is 2.27. The van der Waals surface area contributed by atoms with Crippen molar-refractivity contribution in [1.82, 2.24) is 25.1 Å². The van der Waals surface area contributed by atoms with E-state index < -0.39 is 0 Å². The van der Waals surface area contributed by atoms with E-state index in [1.807, 2.05) is 12.3 Å². The summed E-state index contributed by atoms with van der Waals surface area (Å²) in [5, 5.41) is 8.35. The lowest BCUT2D eigenvalue weighted by molar-refractivity contribution is 0.0987. The summed E-state index contributed by atoms with van der Waals surface area (Å²) in [4.78, 5) is 15.2. The highest BCUT2D eigenvalue weighted by Gasteiger charge is 2.24. The van der Waals surface area contributed by atoms with Crippen LogP contribution in [-0.2, 0) is 4.74 Å². The van der Waals surface area contributed by atoms with E-state index in [9.17, 15) is 0 Å². The van der Waals surface area contributed by atoms with Crippen LogP contribution in [0.1, 0.15) is 6.92 Å². The number of benzene rings is 1. The number of rotatable bonds is 2. The molecule has 4 aromatic rings. The first-order valence-corrected chi connectivity index (χ1v) is 8.43. The van der Waals surface area contributed by atoms with Gasteiger partial charge < -0.3 is 14.6 Å². The molecule has 1 saturated heterocycles. The number of hydrogen-bond acceptors (Lipinski definition) is 5. The minimum atomic E-state index is 0.256. The van der Waals surface area contributed by atoms with E-state index in [0.717, 1.165) is 39.9 Å². The van der Waals surface area contributed by atoms with Crippen molar-refractivity contribution in [3.8, 4) is 11.4 Å². The van der Waals surface area contributed by atoms with Crippen molar-refractivity contribution < 1.29 is 4.74 Å². The molecular weight excluding hydrogens is 316 g/mol. The first-order chi connectivity index (χ1) is 12.3. The van der Waals surface area contributed by atoms with E-state index in [0.29, 0.717) is 19.0 Å². The molecule has 0 amide bonds. The van der Waals surface area contributed by atoms with Gasteiger partial charge in [-0.05, 0) is 19.1 Å². The molecule has 25 heavy (non-hydrogen) atoms. The molecule has 1 atom stereocenters. The highest BCUT2D eigenvalue weighted by molar-refractivity contribution is 5.95. The highest BCUT2D eigenvalue weighted by Crippen LogP contribution is 2.31. The first kappa shape index (κ1) is 14.4. The molecule has 7 nitrogen and oxygen atoms in total. The van der Waals surface area contributed by atoms with Crippen molar-refractivity contribution in [3.05, 3.63) is 36.7 Å². The number of H-pyrrole nitrogens is 2. The minimum Gasteiger partial charge on any atom is -0.377 e. The van der Waals surface area contributed by atoms with E-state index >= 15 is 0 Å². The van der Waals surface area contributed by atoms with Crippen LogP contribution in [0, 0.1) is 0 Å². The normalized spacial score (nSPS) is 18.3. The third-order valence-electron chi connectivity index (χ3n) is 4.76. The van der Waals surface area contributed by atoms with Crippen molar-refractivity contribution in [2.24, 2.45) is 0 Å². The number of morpholine rings is 1. The van der Waals surface area contributed by atoms with E-state index in [-0.39, 0.29) is 6.04 Å². The van der Waals surface area contributed by atoms with Gasteiger partial charge in [-0.1, -0.05) is 12.1 Å². The van der Waals surface area contributed by atoms with Gasteiger partial charge in [0.25, 0.3) is 0 Å². The van der Waals surface area contributed by atoms with Crippen molar-refractivity contribution in [2.75, 3.05) is 24.7 Å². The van der Waals surface area contributed by atoms with Gasteiger partial charge in [-0.2, -0.15) is 5.10 Å². The number of aromatic amines is 2. The SMILES string of the molecule is C[C@@H]1COCCN1c1nc(-c2cccc3[nH]ccc23)nc2cn[nH]c12. The Bertz CT molecular complexity index is 1050. The zero-order valence-electron chi connectivity index (χ0n) is 13.9. The van der Waals surface area contributed by atoms with Crippen LogP contribution in [0.25, 0.3) is 33.3 Å². The van der Waals surface area contributed by atoms with Crippen LogP contribution in [0.4, 0.5) is 5.82 Å². The molecule has 1 aromatic carbocycles. The minimum absolute atomic E-state index is 0.256. The average Bonchev–Trinajstić information content (AvgIpc) is 3.30. The van der Waals surface area contributed by atoms with Crippen LogP contribution in [0.2, 0.25) is 0 Å². The number of fused-ring (bicyclic) bond motifs is 2. The summed E-state index contributed by atoms with van der Waals surface area (Å²) in [7, 11) is 0. The molecule has 4 heterocycles. The summed E-state index contributed by atoms with van der Waals surface area (Å²) in [5.74, 6) is 1.61. The Balaban J connectivity index is 1.73. The lowest BCUT2D eigenvalue weighted by Crippen LogP contribution is -2.44. The number of anilines is 1. The quantitative estimate of drug-likeness (QED) is 0.589. The number of nitrogens with zero attached hydrogens (tertiary/aromatic N) is 4. The molecule has 0 bridgehead atoms. The molecule has 2 N–H and O–H groups in total. The second-order valence-corrected chi connectivity index (χ2v) is 6.36. The number of hydrogen-bond donors (Lipinski definition) is 2. The Kier molecular flexibility index (Phi) is 3.21. The number of ether oxygens (including phenoxy) is 1. The summed E-state index contributed by atoms with van der Waals surface area (Å²) < 4.78 is 5.57. The van der Waals surface area contributed by atoms with Crippen LogP contribution in [0.5, 0.6) is 0 Å². The molecule has 1 fully saturated rings. The van der Waals surface area contributed by atoms with Crippen LogP contribution in [0.15, 0.2) is 36.7 Å². The van der Waals surface area contributed by atoms with Gasteiger partial charge in [0, 0.05) is 29.2 Å². The van der Waals surface area contributed by atoms with E-state index in [4.69, 9.17) is 14.7 Å². The first-order valence-electron chi connectivity index (χ1n) is 8.43. The van der Waals surface area contributed by atoms with Gasteiger partial charge in [-0.25, -0.2) is 9.97 Å². The van der Waals surface area contributed by atoms with Crippen molar-refractivity contribution >= 4 is 27.8 Å². The second-order valence-electron chi connectivity index (χ2n) is 6.36. The van der Waals surface area contributed by atoms with Crippen LogP contribution in [-0.4, -0.2) is 50.9 Å². The van der Waals surface area contributed by atoms with E-state index in [2.05, 4.69) is 45.2 Å². The molecule has 0 aliphatic carbocycles. The van der Waals surface area contributed by atoms with Crippen LogP contribution >= 0.6 is 0 Å². The zero-order valence-corrected chi connectivity index (χ0v) is 13.9. The van der Waals surface area contributed by atoms with Crippen molar-refractivity contribution in [2.45, 2.75) is 13.0 Å². The van der Waals surface area contributed by atoms with Gasteiger partial charge in [0.15, 0.2) is 11.6 Å². The van der Waals surface area contributed by atoms with Gasteiger partial charge in [0.1, 0.15) is 11.0 Å². The van der Waals surface area contributed by atoms with Crippen LogP contribution < -0.4 is 4.90 Å². The van der Waals surface area contributed by atoms with Crippen molar-refractivity contribution in [3.63, 3.8) is 0 Å². The molecule has 7 heteroatoms. The average molecular weight is 334 g/mol. The summed E-state index contributed by atoms with van der Waals surface area (Å²) in [6, 6.07) is 8.45. The Hall–Kier alpha value is -2.93. The summed E-state index contributed by atoms with van der Waals surface area (Å²) >= 11 is 0. The lowest BCUT2D eigenvalue weighted by atomic mass is 10.1. The molecular formula is C18H18N6O. The molecule has 1 aliphatic rings. The monoisotopic (exact) mass is 334 g/mol. The molecule has 0 radical (unpaired) electrons. The largest absolute Gasteiger partial charge is 0.377 e. The smallest absolute Gasteiger partial charge is 0.163 e. The molecule has 3 aromatic heterocycles. The third-order valence-corrected chi connectivity index (χ3v) is 4.76. The highest BCUT2D eigenvalue weighted by atomic mass is 16.5. The Morgan fingerprint density at radius 3 is 3.12 bits per heavy atom. The predicted octanol–water partition coefficient (Wildman–Crippen LogP) is 2.73. The maximum Gasteiger partial charge on any atom is 0.163 e. The lowest BCUT2D eigenvalue weighted by Gasteiger charge is -2.34. The second kappa shape index (κ2) is 5.56. The fraction of sp³-hybridized carbons (Fsp3) is 0.278. The molecule has 126 valence electrons.